The van der Waals surface area contributed by atoms with Gasteiger partial charge in [-0.2, -0.15) is 0 Å². The lowest BCUT2D eigenvalue weighted by atomic mass is 9.87. The zero-order chi connectivity index (χ0) is 13.9. The first-order valence-corrected chi connectivity index (χ1v) is 7.78. The molecule has 2 aromatic rings. The van der Waals surface area contributed by atoms with E-state index in [0.29, 0.717) is 18.2 Å². The van der Waals surface area contributed by atoms with Crippen molar-refractivity contribution in [2.24, 2.45) is 0 Å². The molecule has 0 spiro atoms. The van der Waals surface area contributed by atoms with E-state index in [0.717, 1.165) is 17.3 Å². The molecule has 0 saturated carbocycles. The Morgan fingerprint density at radius 3 is 2.95 bits per heavy atom. The average molecular weight is 334 g/mol. The molecule has 0 aromatic heterocycles. The Bertz CT molecular complexity index is 612. The minimum atomic E-state index is -0.148. The molecule has 1 atom stereocenters. The maximum Gasteiger partial charge on any atom is 0.127 e. The molecule has 104 valence electrons. The number of benzene rings is 2. The maximum atomic E-state index is 13.8. The summed E-state index contributed by atoms with van der Waals surface area (Å²) in [7, 11) is 0. The van der Waals surface area contributed by atoms with E-state index in [2.05, 4.69) is 45.5 Å². The lowest BCUT2D eigenvalue weighted by molar-refractivity contribution is 0.452. The normalized spacial score (nSPS) is 17.8. The van der Waals surface area contributed by atoms with Crippen molar-refractivity contribution in [2.75, 3.05) is 0 Å². The number of halogens is 2. The van der Waals surface area contributed by atoms with Gasteiger partial charge in [-0.25, -0.2) is 4.39 Å². The average Bonchev–Trinajstić information content (AvgIpc) is 2.48. The Labute approximate surface area is 127 Å². The van der Waals surface area contributed by atoms with Crippen LogP contribution in [-0.2, 0) is 13.0 Å². The molecule has 0 saturated heterocycles. The van der Waals surface area contributed by atoms with E-state index in [-0.39, 0.29) is 5.82 Å². The van der Waals surface area contributed by atoms with Crippen LogP contribution >= 0.6 is 15.9 Å². The first-order chi connectivity index (χ1) is 9.74. The van der Waals surface area contributed by atoms with Gasteiger partial charge >= 0.3 is 0 Å². The van der Waals surface area contributed by atoms with Crippen LogP contribution in [0.3, 0.4) is 0 Å². The van der Waals surface area contributed by atoms with Crippen molar-refractivity contribution in [1.29, 1.82) is 0 Å². The quantitative estimate of drug-likeness (QED) is 0.854. The third-order valence-electron chi connectivity index (χ3n) is 3.92. The Morgan fingerprint density at radius 2 is 2.05 bits per heavy atom. The van der Waals surface area contributed by atoms with Gasteiger partial charge in [0, 0.05) is 22.6 Å². The molecule has 0 bridgehead atoms. The molecular weight excluding hydrogens is 317 g/mol. The van der Waals surface area contributed by atoms with Gasteiger partial charge in [0.05, 0.1) is 0 Å². The summed E-state index contributed by atoms with van der Waals surface area (Å²) in [5.74, 6) is -0.148. The molecule has 3 heteroatoms. The Hall–Kier alpha value is -1.19. The summed E-state index contributed by atoms with van der Waals surface area (Å²) < 4.78 is 14.7. The summed E-state index contributed by atoms with van der Waals surface area (Å²) >= 11 is 3.39. The van der Waals surface area contributed by atoms with Gasteiger partial charge in [-0.1, -0.05) is 40.2 Å². The predicted molar refractivity (Wildman–Crippen MR) is 83.1 cm³/mol. The topological polar surface area (TPSA) is 12.0 Å². The highest BCUT2D eigenvalue weighted by Crippen LogP contribution is 2.29. The first kappa shape index (κ1) is 13.8. The van der Waals surface area contributed by atoms with Crippen LogP contribution in [0.2, 0.25) is 0 Å². The van der Waals surface area contributed by atoms with Gasteiger partial charge in [-0.05, 0) is 48.6 Å². The molecule has 0 amide bonds. The number of aryl methyl sites for hydroxylation is 1. The van der Waals surface area contributed by atoms with Crippen molar-refractivity contribution in [2.45, 2.75) is 31.8 Å². The van der Waals surface area contributed by atoms with Crippen molar-refractivity contribution in [3.63, 3.8) is 0 Å². The highest BCUT2D eigenvalue weighted by atomic mass is 79.9. The monoisotopic (exact) mass is 333 g/mol. The molecule has 20 heavy (non-hydrogen) atoms. The predicted octanol–water partition coefficient (Wildman–Crippen LogP) is 4.76. The number of hydrogen-bond acceptors (Lipinski definition) is 1. The van der Waals surface area contributed by atoms with Crippen molar-refractivity contribution < 1.29 is 4.39 Å². The van der Waals surface area contributed by atoms with E-state index >= 15 is 0 Å². The van der Waals surface area contributed by atoms with Gasteiger partial charge in [-0.3, -0.25) is 0 Å². The molecule has 1 nitrogen and oxygen atoms in total. The van der Waals surface area contributed by atoms with Crippen LogP contribution in [0.5, 0.6) is 0 Å². The minimum Gasteiger partial charge on any atom is -0.306 e. The molecule has 1 unspecified atom stereocenters. The molecule has 0 fully saturated rings. The molecule has 1 aliphatic rings. The van der Waals surface area contributed by atoms with E-state index in [1.54, 1.807) is 6.07 Å². The first-order valence-electron chi connectivity index (χ1n) is 6.99. The fourth-order valence-electron chi connectivity index (χ4n) is 2.88. The Balaban J connectivity index is 1.75. The summed E-state index contributed by atoms with van der Waals surface area (Å²) in [5, 5.41) is 3.50. The second-order valence-electron chi connectivity index (χ2n) is 5.26. The van der Waals surface area contributed by atoms with Gasteiger partial charge in [0.25, 0.3) is 0 Å². The van der Waals surface area contributed by atoms with E-state index in [1.807, 2.05) is 6.07 Å². The second kappa shape index (κ2) is 6.06. The SMILES string of the molecule is Fc1ccc(Br)cc1CNC1CCCc2ccccc21. The lowest BCUT2D eigenvalue weighted by Gasteiger charge is -2.26. The largest absolute Gasteiger partial charge is 0.306 e. The molecule has 1 aliphatic carbocycles. The highest BCUT2D eigenvalue weighted by Gasteiger charge is 2.19. The Kier molecular flexibility index (Phi) is 4.18. The highest BCUT2D eigenvalue weighted by molar-refractivity contribution is 9.10. The summed E-state index contributed by atoms with van der Waals surface area (Å²) in [4.78, 5) is 0. The van der Waals surface area contributed by atoms with Gasteiger partial charge in [0.15, 0.2) is 0 Å². The van der Waals surface area contributed by atoms with Gasteiger partial charge < -0.3 is 5.32 Å². The number of nitrogens with one attached hydrogen (secondary N) is 1. The lowest BCUT2D eigenvalue weighted by Crippen LogP contribution is -2.25. The number of rotatable bonds is 3. The van der Waals surface area contributed by atoms with E-state index in [9.17, 15) is 4.39 Å². The summed E-state index contributed by atoms with van der Waals surface area (Å²) in [6, 6.07) is 14.0. The second-order valence-corrected chi connectivity index (χ2v) is 6.18. The minimum absolute atomic E-state index is 0.148. The number of fused-ring (bicyclic) bond motifs is 1. The smallest absolute Gasteiger partial charge is 0.127 e. The third kappa shape index (κ3) is 2.94. The van der Waals surface area contributed by atoms with Gasteiger partial charge in [0.1, 0.15) is 5.82 Å². The standard InChI is InChI=1S/C17H17BrFN/c18-14-8-9-16(19)13(10-14)11-20-17-7-3-5-12-4-1-2-6-15(12)17/h1-2,4,6,8-10,17,20H,3,5,7,11H2. The van der Waals surface area contributed by atoms with Gasteiger partial charge in [0.2, 0.25) is 0 Å². The summed E-state index contributed by atoms with van der Waals surface area (Å²) in [5.41, 5.74) is 3.50. The fraction of sp³-hybridized carbons (Fsp3) is 0.294. The molecule has 1 N–H and O–H groups in total. The van der Waals surface area contributed by atoms with Crippen LogP contribution in [0, 0.1) is 5.82 Å². The molecule has 2 aromatic carbocycles. The molecule has 3 rings (SSSR count). The zero-order valence-electron chi connectivity index (χ0n) is 11.2. The molecule has 0 heterocycles. The van der Waals surface area contributed by atoms with Crippen LogP contribution in [0.1, 0.15) is 35.6 Å². The summed E-state index contributed by atoms with van der Waals surface area (Å²) in [6.45, 7) is 0.560. The van der Waals surface area contributed by atoms with Crippen LogP contribution < -0.4 is 5.32 Å². The molecular formula is C17H17BrFN. The van der Waals surface area contributed by atoms with Crippen molar-refractivity contribution >= 4 is 15.9 Å². The van der Waals surface area contributed by atoms with Crippen LogP contribution in [0.15, 0.2) is 46.9 Å². The van der Waals surface area contributed by atoms with Crippen LogP contribution in [0.25, 0.3) is 0 Å². The molecule has 0 radical (unpaired) electrons. The van der Waals surface area contributed by atoms with Crippen molar-refractivity contribution in [1.82, 2.24) is 5.32 Å². The van der Waals surface area contributed by atoms with Crippen LogP contribution in [-0.4, -0.2) is 0 Å². The summed E-state index contributed by atoms with van der Waals surface area (Å²) in [6.07, 6.45) is 3.46. The Morgan fingerprint density at radius 1 is 1.20 bits per heavy atom. The number of hydrogen-bond donors (Lipinski definition) is 1. The van der Waals surface area contributed by atoms with Crippen molar-refractivity contribution in [3.05, 3.63) is 69.4 Å². The van der Waals surface area contributed by atoms with Crippen molar-refractivity contribution in [3.8, 4) is 0 Å². The third-order valence-corrected chi connectivity index (χ3v) is 4.41. The van der Waals surface area contributed by atoms with Gasteiger partial charge in [-0.15, -0.1) is 0 Å². The van der Waals surface area contributed by atoms with E-state index in [1.165, 1.54) is 23.6 Å². The zero-order valence-corrected chi connectivity index (χ0v) is 12.8. The maximum absolute atomic E-state index is 13.8. The van der Waals surface area contributed by atoms with Crippen LogP contribution in [0.4, 0.5) is 4.39 Å². The van der Waals surface area contributed by atoms with E-state index in [4.69, 9.17) is 0 Å². The fourth-order valence-corrected chi connectivity index (χ4v) is 3.29. The van der Waals surface area contributed by atoms with E-state index < -0.39 is 0 Å². The molecule has 0 aliphatic heterocycles.